The number of hydrogen-bond donors (Lipinski definition) is 1. The lowest BCUT2D eigenvalue weighted by Gasteiger charge is -2.21. The average molecular weight is 258 g/mol. The van der Waals surface area contributed by atoms with Gasteiger partial charge in [-0.3, -0.25) is 4.79 Å². The SMILES string of the molecule is CNC(c1ccc2c(c1)CC(=O)N2C)C(F)(F)F. The molecule has 1 aliphatic rings. The molecule has 0 bridgehead atoms. The number of carbonyl (C=O) groups excluding carboxylic acids is 1. The fourth-order valence-corrected chi connectivity index (χ4v) is 2.19. The zero-order valence-corrected chi connectivity index (χ0v) is 10.0. The van der Waals surface area contributed by atoms with E-state index in [4.69, 9.17) is 0 Å². The highest BCUT2D eigenvalue weighted by Gasteiger charge is 2.40. The van der Waals surface area contributed by atoms with E-state index in [0.29, 0.717) is 11.3 Å². The fraction of sp³-hybridized carbons (Fsp3) is 0.417. The Morgan fingerprint density at radius 1 is 1.39 bits per heavy atom. The number of carbonyl (C=O) groups is 1. The van der Waals surface area contributed by atoms with Gasteiger partial charge in [-0.05, 0) is 24.2 Å². The molecule has 1 atom stereocenters. The van der Waals surface area contributed by atoms with Crippen molar-refractivity contribution in [3.05, 3.63) is 29.3 Å². The number of nitrogens with zero attached hydrogens (tertiary/aromatic N) is 1. The number of likely N-dealkylation sites (N-methyl/N-ethyl adjacent to an activating group) is 1. The standard InChI is InChI=1S/C12H13F3N2O/c1-16-11(12(13,14)15)7-3-4-9-8(5-7)6-10(18)17(9)2/h3-5,11,16H,6H2,1-2H3. The van der Waals surface area contributed by atoms with Crippen LogP contribution >= 0.6 is 0 Å². The van der Waals surface area contributed by atoms with Crippen LogP contribution in [0.5, 0.6) is 0 Å². The van der Waals surface area contributed by atoms with Gasteiger partial charge in [0.15, 0.2) is 0 Å². The Bertz CT molecular complexity index is 485. The van der Waals surface area contributed by atoms with Gasteiger partial charge in [0.2, 0.25) is 5.91 Å². The lowest BCUT2D eigenvalue weighted by molar-refractivity contribution is -0.156. The summed E-state index contributed by atoms with van der Waals surface area (Å²) in [7, 11) is 2.88. The minimum absolute atomic E-state index is 0.102. The van der Waals surface area contributed by atoms with Gasteiger partial charge in [-0.25, -0.2) is 0 Å². The summed E-state index contributed by atoms with van der Waals surface area (Å²) in [6.07, 6.45) is -4.19. The molecule has 0 saturated carbocycles. The molecule has 0 saturated heterocycles. The Hall–Kier alpha value is -1.56. The number of amides is 1. The Morgan fingerprint density at radius 2 is 2.06 bits per heavy atom. The molecule has 18 heavy (non-hydrogen) atoms. The van der Waals surface area contributed by atoms with Crippen molar-refractivity contribution in [2.75, 3.05) is 19.0 Å². The monoisotopic (exact) mass is 258 g/mol. The third-order valence-electron chi connectivity index (χ3n) is 3.13. The first-order valence-corrected chi connectivity index (χ1v) is 5.48. The molecule has 6 heteroatoms. The molecule has 0 aliphatic carbocycles. The first-order chi connectivity index (χ1) is 8.34. The summed E-state index contributed by atoms with van der Waals surface area (Å²) in [5.41, 5.74) is 1.46. The van der Waals surface area contributed by atoms with Crippen LogP contribution in [0.4, 0.5) is 18.9 Å². The summed E-state index contributed by atoms with van der Waals surface area (Å²) in [4.78, 5) is 12.9. The molecular weight excluding hydrogens is 245 g/mol. The maximum atomic E-state index is 12.8. The number of halogens is 3. The first-order valence-electron chi connectivity index (χ1n) is 5.48. The molecule has 1 amide bonds. The van der Waals surface area contributed by atoms with E-state index in [1.165, 1.54) is 24.1 Å². The molecule has 1 aromatic rings. The molecule has 3 nitrogen and oxygen atoms in total. The van der Waals surface area contributed by atoms with Crippen molar-refractivity contribution in [2.24, 2.45) is 0 Å². The van der Waals surface area contributed by atoms with E-state index >= 15 is 0 Å². The van der Waals surface area contributed by atoms with Gasteiger partial charge in [-0.2, -0.15) is 13.2 Å². The number of alkyl halides is 3. The zero-order valence-electron chi connectivity index (χ0n) is 10.0. The number of fused-ring (bicyclic) bond motifs is 1. The summed E-state index contributed by atoms with van der Waals surface area (Å²) in [5, 5.41) is 2.25. The largest absolute Gasteiger partial charge is 0.407 e. The predicted octanol–water partition coefficient (Wildman–Crippen LogP) is 2.03. The highest BCUT2D eigenvalue weighted by Crippen LogP contribution is 2.36. The van der Waals surface area contributed by atoms with Crippen LogP contribution in [0.1, 0.15) is 17.2 Å². The number of benzene rings is 1. The summed E-state index contributed by atoms with van der Waals surface area (Å²) in [6, 6.07) is 2.71. The van der Waals surface area contributed by atoms with Gasteiger partial charge in [0.25, 0.3) is 0 Å². The molecule has 1 aromatic carbocycles. The molecule has 98 valence electrons. The summed E-state index contributed by atoms with van der Waals surface area (Å²) < 4.78 is 38.3. The van der Waals surface area contributed by atoms with Gasteiger partial charge in [-0.1, -0.05) is 12.1 Å². The molecular formula is C12H13F3N2O. The second-order valence-electron chi connectivity index (χ2n) is 4.28. The predicted molar refractivity (Wildman–Crippen MR) is 61.4 cm³/mol. The van der Waals surface area contributed by atoms with Crippen LogP contribution in [-0.2, 0) is 11.2 Å². The van der Waals surface area contributed by atoms with Crippen LogP contribution in [0, 0.1) is 0 Å². The normalized spacial score (nSPS) is 16.9. The number of anilines is 1. The lowest BCUT2D eigenvalue weighted by Crippen LogP contribution is -2.31. The van der Waals surface area contributed by atoms with Crippen molar-refractivity contribution in [3.63, 3.8) is 0 Å². The minimum Gasteiger partial charge on any atom is -0.315 e. The second-order valence-corrected chi connectivity index (χ2v) is 4.28. The summed E-state index contributed by atoms with van der Waals surface area (Å²) in [6.45, 7) is 0. The van der Waals surface area contributed by atoms with Crippen LogP contribution in [0.3, 0.4) is 0 Å². The van der Waals surface area contributed by atoms with Gasteiger partial charge in [0.1, 0.15) is 6.04 Å². The molecule has 1 unspecified atom stereocenters. The second kappa shape index (κ2) is 4.28. The molecule has 0 fully saturated rings. The summed E-state index contributed by atoms with van der Waals surface area (Å²) in [5.74, 6) is -0.102. The quantitative estimate of drug-likeness (QED) is 0.880. The van der Waals surface area contributed by atoms with E-state index in [-0.39, 0.29) is 17.9 Å². The molecule has 0 radical (unpaired) electrons. The van der Waals surface area contributed by atoms with Gasteiger partial charge in [-0.15, -0.1) is 0 Å². The Labute approximate surface area is 103 Å². The topological polar surface area (TPSA) is 32.3 Å². The highest BCUT2D eigenvalue weighted by atomic mass is 19.4. The van der Waals surface area contributed by atoms with E-state index < -0.39 is 12.2 Å². The van der Waals surface area contributed by atoms with Gasteiger partial charge < -0.3 is 10.2 Å². The molecule has 0 aromatic heterocycles. The first kappa shape index (κ1) is 12.9. The van der Waals surface area contributed by atoms with E-state index in [0.717, 1.165) is 0 Å². The molecule has 0 spiro atoms. The van der Waals surface area contributed by atoms with Crippen LogP contribution in [0.2, 0.25) is 0 Å². The van der Waals surface area contributed by atoms with Crippen molar-refractivity contribution in [2.45, 2.75) is 18.6 Å². The lowest BCUT2D eigenvalue weighted by atomic mass is 10.0. The highest BCUT2D eigenvalue weighted by molar-refractivity contribution is 6.00. The Kier molecular flexibility index (Phi) is 3.06. The molecule has 2 rings (SSSR count). The Morgan fingerprint density at radius 3 is 2.61 bits per heavy atom. The zero-order chi connectivity index (χ0) is 13.5. The van der Waals surface area contributed by atoms with Crippen molar-refractivity contribution < 1.29 is 18.0 Å². The molecule has 1 N–H and O–H groups in total. The van der Waals surface area contributed by atoms with Crippen molar-refractivity contribution >= 4 is 11.6 Å². The number of rotatable bonds is 2. The average Bonchev–Trinajstić information content (AvgIpc) is 2.53. The van der Waals surface area contributed by atoms with E-state index in [2.05, 4.69) is 5.32 Å². The molecule has 1 heterocycles. The van der Waals surface area contributed by atoms with Gasteiger partial charge >= 0.3 is 6.18 Å². The van der Waals surface area contributed by atoms with Crippen molar-refractivity contribution in [1.29, 1.82) is 0 Å². The van der Waals surface area contributed by atoms with E-state index in [1.807, 2.05) is 0 Å². The Balaban J connectivity index is 2.39. The molecule has 1 aliphatic heterocycles. The third kappa shape index (κ3) is 2.08. The summed E-state index contributed by atoms with van der Waals surface area (Å²) >= 11 is 0. The number of nitrogens with one attached hydrogen (secondary N) is 1. The fourth-order valence-electron chi connectivity index (χ4n) is 2.19. The van der Waals surface area contributed by atoms with Crippen LogP contribution in [0.15, 0.2) is 18.2 Å². The maximum absolute atomic E-state index is 12.8. The van der Waals surface area contributed by atoms with E-state index in [9.17, 15) is 18.0 Å². The van der Waals surface area contributed by atoms with Crippen LogP contribution in [0.25, 0.3) is 0 Å². The van der Waals surface area contributed by atoms with Gasteiger partial charge in [0.05, 0.1) is 6.42 Å². The smallest absolute Gasteiger partial charge is 0.315 e. The van der Waals surface area contributed by atoms with Crippen molar-refractivity contribution in [3.8, 4) is 0 Å². The third-order valence-corrected chi connectivity index (χ3v) is 3.13. The van der Waals surface area contributed by atoms with Crippen LogP contribution in [-0.4, -0.2) is 26.2 Å². The van der Waals surface area contributed by atoms with E-state index in [1.54, 1.807) is 13.1 Å². The van der Waals surface area contributed by atoms with Gasteiger partial charge in [0, 0.05) is 12.7 Å². The minimum atomic E-state index is -4.35. The van der Waals surface area contributed by atoms with Crippen molar-refractivity contribution in [1.82, 2.24) is 5.32 Å². The maximum Gasteiger partial charge on any atom is 0.407 e. The van der Waals surface area contributed by atoms with Crippen LogP contribution < -0.4 is 10.2 Å². The number of hydrogen-bond acceptors (Lipinski definition) is 2.